The molecule has 0 bridgehead atoms. The molecule has 1 saturated heterocycles. The van der Waals surface area contributed by atoms with Gasteiger partial charge in [0.1, 0.15) is 0 Å². The first-order valence-electron chi connectivity index (χ1n) is 7.73. The van der Waals surface area contributed by atoms with Crippen molar-refractivity contribution in [2.45, 2.75) is 38.1 Å². The van der Waals surface area contributed by atoms with Gasteiger partial charge in [-0.25, -0.2) is 0 Å². The minimum Gasteiger partial charge on any atom is -0.385 e. The zero-order chi connectivity index (χ0) is 13.6. The number of rotatable bonds is 9. The normalized spacial score (nSPS) is 27.9. The third-order valence-corrected chi connectivity index (χ3v) is 4.24. The zero-order valence-corrected chi connectivity index (χ0v) is 12.6. The van der Waals surface area contributed by atoms with Gasteiger partial charge in [0.05, 0.1) is 6.61 Å². The van der Waals surface area contributed by atoms with Gasteiger partial charge in [-0.15, -0.1) is 0 Å². The Morgan fingerprint density at radius 2 is 2.26 bits per heavy atom. The van der Waals surface area contributed by atoms with Crippen molar-refractivity contribution in [2.24, 2.45) is 5.41 Å². The van der Waals surface area contributed by atoms with E-state index in [-0.39, 0.29) is 0 Å². The van der Waals surface area contributed by atoms with Crippen molar-refractivity contribution in [1.82, 2.24) is 10.2 Å². The average molecular weight is 270 g/mol. The molecule has 2 aliphatic rings. The molecule has 0 aromatic carbocycles. The van der Waals surface area contributed by atoms with Crippen LogP contribution in [0.2, 0.25) is 0 Å². The van der Waals surface area contributed by atoms with Crippen LogP contribution in [0.5, 0.6) is 0 Å². The Morgan fingerprint density at radius 1 is 1.42 bits per heavy atom. The van der Waals surface area contributed by atoms with Crippen molar-refractivity contribution in [3.63, 3.8) is 0 Å². The fourth-order valence-electron chi connectivity index (χ4n) is 3.01. The number of ether oxygens (including phenoxy) is 2. The standard InChI is InChI=1S/C15H30N2O2/c1-17(8-4-9-18-2)12-15(7-3-10-19-13-15)11-16-14-5-6-14/h14,16H,3-13H2,1-2H3. The molecule has 4 nitrogen and oxygen atoms in total. The highest BCUT2D eigenvalue weighted by molar-refractivity contribution is 4.90. The Balaban J connectivity index is 1.77. The topological polar surface area (TPSA) is 33.7 Å². The molecule has 0 aromatic heterocycles. The summed E-state index contributed by atoms with van der Waals surface area (Å²) in [5, 5.41) is 3.71. The van der Waals surface area contributed by atoms with E-state index in [1.165, 1.54) is 25.7 Å². The number of nitrogens with one attached hydrogen (secondary N) is 1. The summed E-state index contributed by atoms with van der Waals surface area (Å²) >= 11 is 0. The van der Waals surface area contributed by atoms with Crippen LogP contribution in [-0.2, 0) is 9.47 Å². The van der Waals surface area contributed by atoms with E-state index < -0.39 is 0 Å². The predicted molar refractivity (Wildman–Crippen MR) is 77.5 cm³/mol. The van der Waals surface area contributed by atoms with Crippen LogP contribution in [0.4, 0.5) is 0 Å². The van der Waals surface area contributed by atoms with Crippen LogP contribution >= 0.6 is 0 Å². The third-order valence-electron chi connectivity index (χ3n) is 4.24. The lowest BCUT2D eigenvalue weighted by molar-refractivity contribution is -0.0235. The van der Waals surface area contributed by atoms with Crippen molar-refractivity contribution in [2.75, 3.05) is 53.6 Å². The van der Waals surface area contributed by atoms with Gasteiger partial charge >= 0.3 is 0 Å². The molecule has 19 heavy (non-hydrogen) atoms. The number of hydrogen-bond acceptors (Lipinski definition) is 4. The fraction of sp³-hybridized carbons (Fsp3) is 1.00. The maximum absolute atomic E-state index is 5.77. The highest BCUT2D eigenvalue weighted by Crippen LogP contribution is 2.30. The number of nitrogens with zero attached hydrogens (tertiary/aromatic N) is 1. The molecule has 1 N–H and O–H groups in total. The molecule has 0 aromatic rings. The Kier molecular flexibility index (Phi) is 6.07. The van der Waals surface area contributed by atoms with Gasteiger partial charge < -0.3 is 19.7 Å². The Morgan fingerprint density at radius 3 is 2.89 bits per heavy atom. The van der Waals surface area contributed by atoms with E-state index >= 15 is 0 Å². The molecular formula is C15H30N2O2. The van der Waals surface area contributed by atoms with E-state index in [4.69, 9.17) is 9.47 Å². The highest BCUT2D eigenvalue weighted by atomic mass is 16.5. The van der Waals surface area contributed by atoms with Gasteiger partial charge in [0.15, 0.2) is 0 Å². The summed E-state index contributed by atoms with van der Waals surface area (Å²) in [6, 6.07) is 0.789. The van der Waals surface area contributed by atoms with Crippen LogP contribution in [0.3, 0.4) is 0 Å². The summed E-state index contributed by atoms with van der Waals surface area (Å²) in [5.41, 5.74) is 0.322. The minimum atomic E-state index is 0.322. The maximum Gasteiger partial charge on any atom is 0.0546 e. The lowest BCUT2D eigenvalue weighted by atomic mass is 9.81. The van der Waals surface area contributed by atoms with E-state index in [0.717, 1.165) is 51.9 Å². The van der Waals surface area contributed by atoms with Crippen LogP contribution in [0.1, 0.15) is 32.1 Å². The second-order valence-electron chi connectivity index (χ2n) is 6.40. The molecule has 112 valence electrons. The van der Waals surface area contributed by atoms with Gasteiger partial charge in [0, 0.05) is 51.4 Å². The van der Waals surface area contributed by atoms with E-state index in [0.29, 0.717) is 5.41 Å². The third kappa shape index (κ3) is 5.38. The smallest absolute Gasteiger partial charge is 0.0546 e. The summed E-state index contributed by atoms with van der Waals surface area (Å²) < 4.78 is 10.9. The van der Waals surface area contributed by atoms with E-state index in [9.17, 15) is 0 Å². The molecule has 2 rings (SSSR count). The molecule has 1 atom stereocenters. The van der Waals surface area contributed by atoms with E-state index in [1.54, 1.807) is 7.11 Å². The summed E-state index contributed by atoms with van der Waals surface area (Å²) in [6.07, 6.45) is 6.33. The van der Waals surface area contributed by atoms with Gasteiger partial charge in [-0.3, -0.25) is 0 Å². The number of hydrogen-bond donors (Lipinski definition) is 1. The van der Waals surface area contributed by atoms with Gasteiger partial charge in [-0.1, -0.05) is 0 Å². The van der Waals surface area contributed by atoms with E-state index in [1.807, 2.05) is 0 Å². The van der Waals surface area contributed by atoms with Gasteiger partial charge in [0.25, 0.3) is 0 Å². The quantitative estimate of drug-likeness (QED) is 0.644. The first-order chi connectivity index (χ1) is 9.24. The van der Waals surface area contributed by atoms with Crippen molar-refractivity contribution in [3.05, 3.63) is 0 Å². The van der Waals surface area contributed by atoms with Crippen LogP contribution in [0, 0.1) is 5.41 Å². The van der Waals surface area contributed by atoms with Crippen LogP contribution in [0.15, 0.2) is 0 Å². The SMILES string of the molecule is COCCCN(C)CC1(CNC2CC2)CCCOC1. The number of methoxy groups -OCH3 is 1. The summed E-state index contributed by atoms with van der Waals surface area (Å²) in [6.45, 7) is 6.08. The van der Waals surface area contributed by atoms with Crippen molar-refractivity contribution >= 4 is 0 Å². The van der Waals surface area contributed by atoms with Crippen LogP contribution in [0.25, 0.3) is 0 Å². The Bertz CT molecular complexity index is 251. The zero-order valence-electron chi connectivity index (χ0n) is 12.6. The fourth-order valence-corrected chi connectivity index (χ4v) is 3.01. The largest absolute Gasteiger partial charge is 0.385 e. The monoisotopic (exact) mass is 270 g/mol. The molecule has 4 heteroatoms. The minimum absolute atomic E-state index is 0.322. The Labute approximate surface area is 117 Å². The van der Waals surface area contributed by atoms with Crippen molar-refractivity contribution in [3.8, 4) is 0 Å². The maximum atomic E-state index is 5.77. The van der Waals surface area contributed by atoms with E-state index in [2.05, 4.69) is 17.3 Å². The summed E-state index contributed by atoms with van der Waals surface area (Å²) in [5.74, 6) is 0. The molecule has 1 aliphatic carbocycles. The molecule has 1 aliphatic heterocycles. The van der Waals surface area contributed by atoms with Crippen molar-refractivity contribution in [1.29, 1.82) is 0 Å². The average Bonchev–Trinajstić information content (AvgIpc) is 3.22. The predicted octanol–water partition coefficient (Wildman–Crippen LogP) is 1.50. The molecule has 0 radical (unpaired) electrons. The molecule has 2 fully saturated rings. The first kappa shape index (κ1) is 15.2. The van der Waals surface area contributed by atoms with Gasteiger partial charge in [-0.05, 0) is 39.2 Å². The van der Waals surface area contributed by atoms with Crippen LogP contribution in [-0.4, -0.2) is 64.6 Å². The van der Waals surface area contributed by atoms with Crippen LogP contribution < -0.4 is 5.32 Å². The lowest BCUT2D eigenvalue weighted by Gasteiger charge is -2.40. The molecular weight excluding hydrogens is 240 g/mol. The molecule has 0 spiro atoms. The second kappa shape index (κ2) is 7.58. The second-order valence-corrected chi connectivity index (χ2v) is 6.40. The van der Waals surface area contributed by atoms with Crippen molar-refractivity contribution < 1.29 is 9.47 Å². The summed E-state index contributed by atoms with van der Waals surface area (Å²) in [4.78, 5) is 2.45. The molecule has 0 amide bonds. The summed E-state index contributed by atoms with van der Waals surface area (Å²) in [7, 11) is 4.00. The molecule has 1 heterocycles. The van der Waals surface area contributed by atoms with Gasteiger partial charge in [-0.2, -0.15) is 0 Å². The molecule has 1 unspecified atom stereocenters. The molecule has 1 saturated carbocycles. The van der Waals surface area contributed by atoms with Gasteiger partial charge in [0.2, 0.25) is 0 Å². The lowest BCUT2D eigenvalue weighted by Crippen LogP contribution is -2.48. The Hall–Kier alpha value is -0.160. The first-order valence-corrected chi connectivity index (χ1v) is 7.73. The highest BCUT2D eigenvalue weighted by Gasteiger charge is 2.35.